The largest absolute Gasteiger partial charge is 0.499 e. The van der Waals surface area contributed by atoms with E-state index in [1.165, 1.54) is 25.4 Å². The van der Waals surface area contributed by atoms with E-state index in [4.69, 9.17) is 18.9 Å². The molecule has 22 heavy (non-hydrogen) atoms. The molecule has 5 heteroatoms. The zero-order chi connectivity index (χ0) is 15.9. The molecule has 1 fully saturated rings. The van der Waals surface area contributed by atoms with Gasteiger partial charge >= 0.3 is 0 Å². The van der Waals surface area contributed by atoms with Gasteiger partial charge in [-0.25, -0.2) is 0 Å². The van der Waals surface area contributed by atoms with Crippen LogP contribution in [0, 0.1) is 5.92 Å². The van der Waals surface area contributed by atoms with Gasteiger partial charge in [0, 0.05) is 13.2 Å². The van der Waals surface area contributed by atoms with Crippen molar-refractivity contribution in [3.63, 3.8) is 0 Å². The second-order valence-corrected chi connectivity index (χ2v) is 5.37. The molecule has 0 atom stereocenters. The molecule has 5 nitrogen and oxygen atoms in total. The van der Waals surface area contributed by atoms with Crippen molar-refractivity contribution in [2.75, 3.05) is 59.3 Å². The standard InChI is InChI=1S/C17H31NO4/c1-3-19-13-15-21-11-7-17-5-8-18(9-6-17)10-12-22-16-14-20-4-2/h3-4,17H,1-2,5-16H2. The summed E-state index contributed by atoms with van der Waals surface area (Å²) in [7, 11) is 0. The summed E-state index contributed by atoms with van der Waals surface area (Å²) in [5.74, 6) is 0.790. The lowest BCUT2D eigenvalue weighted by molar-refractivity contribution is 0.0516. The fourth-order valence-corrected chi connectivity index (χ4v) is 2.53. The average molecular weight is 313 g/mol. The summed E-state index contributed by atoms with van der Waals surface area (Å²) in [4.78, 5) is 2.48. The molecule has 0 N–H and O–H groups in total. The summed E-state index contributed by atoms with van der Waals surface area (Å²) >= 11 is 0. The van der Waals surface area contributed by atoms with Crippen molar-refractivity contribution in [3.8, 4) is 0 Å². The molecule has 0 aliphatic carbocycles. The van der Waals surface area contributed by atoms with Crippen LogP contribution in [0.4, 0.5) is 0 Å². The first-order chi connectivity index (χ1) is 10.9. The smallest absolute Gasteiger partial charge is 0.111 e. The maximum atomic E-state index is 5.55. The molecule has 1 heterocycles. The van der Waals surface area contributed by atoms with Gasteiger partial charge in [0.2, 0.25) is 0 Å². The van der Waals surface area contributed by atoms with E-state index in [1.807, 2.05) is 0 Å². The molecule has 1 saturated heterocycles. The Balaban J connectivity index is 1.90. The highest BCUT2D eigenvalue weighted by molar-refractivity contribution is 4.72. The van der Waals surface area contributed by atoms with Gasteiger partial charge in [-0.3, -0.25) is 0 Å². The first-order valence-electron chi connectivity index (χ1n) is 8.19. The number of piperidine rings is 1. The van der Waals surface area contributed by atoms with Crippen molar-refractivity contribution in [3.05, 3.63) is 25.7 Å². The Morgan fingerprint density at radius 2 is 1.41 bits per heavy atom. The highest BCUT2D eigenvalue weighted by Crippen LogP contribution is 2.20. The minimum absolute atomic E-state index is 0.587. The lowest BCUT2D eigenvalue weighted by Crippen LogP contribution is -2.36. The minimum Gasteiger partial charge on any atom is -0.499 e. The molecule has 0 aromatic heterocycles. The topological polar surface area (TPSA) is 40.2 Å². The van der Waals surface area contributed by atoms with Crippen molar-refractivity contribution in [2.45, 2.75) is 19.3 Å². The van der Waals surface area contributed by atoms with E-state index in [2.05, 4.69) is 18.1 Å². The normalized spacial score (nSPS) is 16.4. The first kappa shape index (κ1) is 19.0. The van der Waals surface area contributed by atoms with Gasteiger partial charge in [0.15, 0.2) is 0 Å². The van der Waals surface area contributed by atoms with Crippen molar-refractivity contribution < 1.29 is 18.9 Å². The quantitative estimate of drug-likeness (QED) is 0.364. The molecule has 0 unspecified atom stereocenters. The van der Waals surface area contributed by atoms with Crippen LogP contribution in [0.25, 0.3) is 0 Å². The van der Waals surface area contributed by atoms with Gasteiger partial charge in [-0.15, -0.1) is 0 Å². The van der Waals surface area contributed by atoms with Gasteiger partial charge < -0.3 is 23.8 Å². The van der Waals surface area contributed by atoms with Gasteiger partial charge in [0.25, 0.3) is 0 Å². The fourth-order valence-electron chi connectivity index (χ4n) is 2.53. The van der Waals surface area contributed by atoms with Crippen LogP contribution < -0.4 is 0 Å². The van der Waals surface area contributed by atoms with Crippen LogP contribution in [0.5, 0.6) is 0 Å². The third-order valence-corrected chi connectivity index (χ3v) is 3.86. The Hall–Kier alpha value is -1.04. The molecule has 1 aliphatic heterocycles. The monoisotopic (exact) mass is 313 g/mol. The van der Waals surface area contributed by atoms with Crippen molar-refractivity contribution in [2.24, 2.45) is 5.92 Å². The molecule has 0 radical (unpaired) electrons. The zero-order valence-corrected chi connectivity index (χ0v) is 13.7. The molecule has 1 rings (SSSR count). The Morgan fingerprint density at radius 3 is 2.00 bits per heavy atom. The van der Waals surface area contributed by atoms with Crippen LogP contribution in [0.1, 0.15) is 19.3 Å². The zero-order valence-electron chi connectivity index (χ0n) is 13.7. The van der Waals surface area contributed by atoms with E-state index in [1.54, 1.807) is 0 Å². The Bertz CT molecular complexity index is 250. The highest BCUT2D eigenvalue weighted by Gasteiger charge is 2.18. The third kappa shape index (κ3) is 9.82. The molecule has 0 bridgehead atoms. The SMILES string of the molecule is C=COCCOCCC1CCN(CCOCCOC=C)CC1. The summed E-state index contributed by atoms with van der Waals surface area (Å²) in [6.45, 7) is 14.4. The summed E-state index contributed by atoms with van der Waals surface area (Å²) in [6, 6.07) is 0. The Morgan fingerprint density at radius 1 is 0.818 bits per heavy atom. The van der Waals surface area contributed by atoms with Crippen LogP contribution in [0.15, 0.2) is 25.7 Å². The van der Waals surface area contributed by atoms with Crippen LogP contribution in [-0.4, -0.2) is 64.2 Å². The summed E-state index contributed by atoms with van der Waals surface area (Å²) in [5.41, 5.74) is 0. The van der Waals surface area contributed by atoms with E-state index in [0.29, 0.717) is 26.4 Å². The van der Waals surface area contributed by atoms with Gasteiger partial charge in [-0.1, -0.05) is 13.2 Å². The molecule has 0 aromatic rings. The second-order valence-electron chi connectivity index (χ2n) is 5.37. The maximum absolute atomic E-state index is 5.55. The molecular formula is C17H31NO4. The number of likely N-dealkylation sites (tertiary alicyclic amines) is 1. The van der Waals surface area contributed by atoms with Crippen molar-refractivity contribution in [1.29, 1.82) is 0 Å². The second kappa shape index (κ2) is 13.6. The van der Waals surface area contributed by atoms with Gasteiger partial charge in [-0.2, -0.15) is 0 Å². The Kier molecular flexibility index (Phi) is 11.8. The van der Waals surface area contributed by atoms with E-state index in [0.717, 1.165) is 45.2 Å². The van der Waals surface area contributed by atoms with Crippen molar-refractivity contribution >= 4 is 0 Å². The van der Waals surface area contributed by atoms with E-state index >= 15 is 0 Å². The number of hydrogen-bond donors (Lipinski definition) is 0. The van der Waals surface area contributed by atoms with Gasteiger partial charge in [0.1, 0.15) is 13.2 Å². The number of ether oxygens (including phenoxy) is 4. The Labute approximate surface area is 134 Å². The molecule has 1 aliphatic rings. The first-order valence-corrected chi connectivity index (χ1v) is 8.19. The highest BCUT2D eigenvalue weighted by atomic mass is 16.5. The average Bonchev–Trinajstić information content (AvgIpc) is 2.55. The van der Waals surface area contributed by atoms with Gasteiger partial charge in [0.05, 0.1) is 32.3 Å². The predicted octanol–water partition coefficient (Wildman–Crippen LogP) is 2.44. The molecule has 0 saturated carbocycles. The molecule has 0 spiro atoms. The molecular weight excluding hydrogens is 282 g/mol. The van der Waals surface area contributed by atoms with E-state index in [9.17, 15) is 0 Å². The fraction of sp³-hybridized carbons (Fsp3) is 0.765. The molecule has 128 valence electrons. The minimum atomic E-state index is 0.587. The maximum Gasteiger partial charge on any atom is 0.111 e. The molecule has 0 amide bonds. The third-order valence-electron chi connectivity index (χ3n) is 3.86. The van der Waals surface area contributed by atoms with Crippen LogP contribution in [0.2, 0.25) is 0 Å². The predicted molar refractivity (Wildman–Crippen MR) is 87.7 cm³/mol. The van der Waals surface area contributed by atoms with Crippen LogP contribution in [-0.2, 0) is 18.9 Å². The van der Waals surface area contributed by atoms with E-state index < -0.39 is 0 Å². The number of rotatable bonds is 14. The summed E-state index contributed by atoms with van der Waals surface area (Å²) < 4.78 is 21.1. The van der Waals surface area contributed by atoms with Crippen molar-refractivity contribution in [1.82, 2.24) is 4.90 Å². The van der Waals surface area contributed by atoms with Gasteiger partial charge in [-0.05, 0) is 38.3 Å². The number of hydrogen-bond acceptors (Lipinski definition) is 5. The lowest BCUT2D eigenvalue weighted by Gasteiger charge is -2.31. The van der Waals surface area contributed by atoms with E-state index in [-0.39, 0.29) is 0 Å². The summed E-state index contributed by atoms with van der Waals surface area (Å²) in [5, 5.41) is 0. The summed E-state index contributed by atoms with van der Waals surface area (Å²) in [6.07, 6.45) is 6.56. The van der Waals surface area contributed by atoms with Crippen LogP contribution >= 0.6 is 0 Å². The molecule has 0 aromatic carbocycles. The number of nitrogens with zero attached hydrogens (tertiary/aromatic N) is 1. The lowest BCUT2D eigenvalue weighted by atomic mass is 9.94. The van der Waals surface area contributed by atoms with Crippen LogP contribution in [0.3, 0.4) is 0 Å².